The highest BCUT2D eigenvalue weighted by atomic mass is 16.5. The molecule has 0 bridgehead atoms. The van der Waals surface area contributed by atoms with Crippen LogP contribution in [-0.2, 0) is 11.3 Å². The van der Waals surface area contributed by atoms with Crippen LogP contribution in [0.5, 0.6) is 5.88 Å². The zero-order valence-electron chi connectivity index (χ0n) is 15.3. The van der Waals surface area contributed by atoms with Gasteiger partial charge in [-0.3, -0.25) is 4.99 Å². The minimum absolute atomic E-state index is 0.240. The maximum absolute atomic E-state index is 5.95. The molecule has 0 radical (unpaired) electrons. The van der Waals surface area contributed by atoms with E-state index in [0.717, 1.165) is 24.4 Å². The van der Waals surface area contributed by atoms with Crippen molar-refractivity contribution in [1.29, 1.82) is 0 Å². The fourth-order valence-corrected chi connectivity index (χ4v) is 2.58. The lowest BCUT2D eigenvalue weighted by molar-refractivity contribution is 0.0268. The minimum atomic E-state index is -0.240. The molecule has 6 nitrogen and oxygen atoms in total. The van der Waals surface area contributed by atoms with Gasteiger partial charge in [0.25, 0.3) is 0 Å². The zero-order chi connectivity index (χ0) is 17.4. The Labute approximate surface area is 145 Å². The monoisotopic (exact) mass is 334 g/mol. The summed E-state index contributed by atoms with van der Waals surface area (Å²) in [6.45, 7) is 5.40. The van der Waals surface area contributed by atoms with Gasteiger partial charge in [-0.1, -0.05) is 0 Å². The van der Waals surface area contributed by atoms with Crippen LogP contribution in [0.1, 0.15) is 45.1 Å². The quantitative estimate of drug-likeness (QED) is 0.592. The molecule has 0 aromatic carbocycles. The SMILES string of the molecule is CN=C(NCc1ccnc(OC2CCCC2)c1)NCC(C)(C)OC. The number of hydrogen-bond acceptors (Lipinski definition) is 4. The molecular formula is C18H30N4O2. The summed E-state index contributed by atoms with van der Waals surface area (Å²) in [7, 11) is 3.47. The smallest absolute Gasteiger partial charge is 0.213 e. The van der Waals surface area contributed by atoms with Gasteiger partial charge in [0, 0.05) is 39.5 Å². The molecule has 0 atom stereocenters. The van der Waals surface area contributed by atoms with Crippen molar-refractivity contribution < 1.29 is 9.47 Å². The van der Waals surface area contributed by atoms with Crippen molar-refractivity contribution in [2.75, 3.05) is 20.7 Å². The van der Waals surface area contributed by atoms with Gasteiger partial charge in [-0.05, 0) is 51.2 Å². The van der Waals surface area contributed by atoms with Crippen molar-refractivity contribution in [3.05, 3.63) is 23.9 Å². The summed E-state index contributed by atoms with van der Waals surface area (Å²) in [5.74, 6) is 1.46. The molecule has 0 amide bonds. The van der Waals surface area contributed by atoms with Crippen molar-refractivity contribution in [1.82, 2.24) is 15.6 Å². The number of pyridine rings is 1. The number of methoxy groups -OCH3 is 1. The average molecular weight is 334 g/mol. The van der Waals surface area contributed by atoms with Gasteiger partial charge in [0.1, 0.15) is 6.10 Å². The summed E-state index contributed by atoms with van der Waals surface area (Å²) in [5.41, 5.74) is 0.878. The van der Waals surface area contributed by atoms with Gasteiger partial charge in [0.05, 0.1) is 5.60 Å². The topological polar surface area (TPSA) is 67.8 Å². The van der Waals surface area contributed by atoms with E-state index in [1.165, 1.54) is 12.8 Å². The predicted molar refractivity (Wildman–Crippen MR) is 96.4 cm³/mol. The van der Waals surface area contributed by atoms with Gasteiger partial charge in [-0.15, -0.1) is 0 Å². The van der Waals surface area contributed by atoms with E-state index in [-0.39, 0.29) is 5.60 Å². The summed E-state index contributed by atoms with van der Waals surface area (Å²) < 4.78 is 11.4. The van der Waals surface area contributed by atoms with Crippen LogP contribution in [0.2, 0.25) is 0 Å². The van der Waals surface area contributed by atoms with E-state index in [2.05, 4.69) is 20.6 Å². The molecule has 1 aromatic rings. The fraction of sp³-hybridized carbons (Fsp3) is 0.667. The van der Waals surface area contributed by atoms with Crippen LogP contribution < -0.4 is 15.4 Å². The molecule has 6 heteroatoms. The van der Waals surface area contributed by atoms with Crippen molar-refractivity contribution in [2.24, 2.45) is 4.99 Å². The van der Waals surface area contributed by atoms with Crippen LogP contribution in [-0.4, -0.2) is 43.4 Å². The number of ether oxygens (including phenoxy) is 2. The highest BCUT2D eigenvalue weighted by Gasteiger charge is 2.18. The average Bonchev–Trinajstić information content (AvgIpc) is 3.08. The molecule has 0 saturated heterocycles. The summed E-state index contributed by atoms with van der Waals surface area (Å²) in [4.78, 5) is 8.56. The summed E-state index contributed by atoms with van der Waals surface area (Å²) in [6, 6.07) is 3.98. The number of hydrogen-bond donors (Lipinski definition) is 2. The van der Waals surface area contributed by atoms with Gasteiger partial charge < -0.3 is 20.1 Å². The minimum Gasteiger partial charge on any atom is -0.474 e. The lowest BCUT2D eigenvalue weighted by atomic mass is 10.1. The largest absolute Gasteiger partial charge is 0.474 e. The second kappa shape index (κ2) is 8.87. The Balaban J connectivity index is 1.83. The first-order valence-corrected chi connectivity index (χ1v) is 8.63. The number of nitrogens with one attached hydrogen (secondary N) is 2. The van der Waals surface area contributed by atoms with E-state index in [0.29, 0.717) is 25.1 Å². The third-order valence-electron chi connectivity index (χ3n) is 4.31. The predicted octanol–water partition coefficient (Wildman–Crippen LogP) is 2.49. The van der Waals surface area contributed by atoms with E-state index in [9.17, 15) is 0 Å². The van der Waals surface area contributed by atoms with Crippen molar-refractivity contribution in [3.8, 4) is 5.88 Å². The van der Waals surface area contributed by atoms with Gasteiger partial charge >= 0.3 is 0 Å². The fourth-order valence-electron chi connectivity index (χ4n) is 2.58. The van der Waals surface area contributed by atoms with Gasteiger partial charge in [0.2, 0.25) is 5.88 Å². The summed E-state index contributed by atoms with van der Waals surface area (Å²) in [6.07, 6.45) is 6.90. The maximum atomic E-state index is 5.95. The molecule has 1 fully saturated rings. The molecule has 1 aromatic heterocycles. The Morgan fingerprint density at radius 1 is 1.33 bits per heavy atom. The Hall–Kier alpha value is -1.82. The Morgan fingerprint density at radius 3 is 2.75 bits per heavy atom. The number of rotatable bonds is 7. The molecule has 0 unspecified atom stereocenters. The third kappa shape index (κ3) is 6.00. The van der Waals surface area contributed by atoms with Gasteiger partial charge in [-0.25, -0.2) is 4.98 Å². The van der Waals surface area contributed by atoms with Crippen molar-refractivity contribution in [3.63, 3.8) is 0 Å². The summed E-state index contributed by atoms with van der Waals surface area (Å²) in [5, 5.41) is 6.57. The molecule has 1 heterocycles. The van der Waals surface area contributed by atoms with E-state index >= 15 is 0 Å². The van der Waals surface area contributed by atoms with Crippen LogP contribution >= 0.6 is 0 Å². The normalized spacial score (nSPS) is 16.2. The van der Waals surface area contributed by atoms with Gasteiger partial charge in [-0.2, -0.15) is 0 Å². The molecule has 1 saturated carbocycles. The highest BCUT2D eigenvalue weighted by Crippen LogP contribution is 2.23. The van der Waals surface area contributed by atoms with Crippen LogP contribution in [0.25, 0.3) is 0 Å². The first kappa shape index (κ1) is 18.5. The van der Waals surface area contributed by atoms with Crippen LogP contribution in [0.15, 0.2) is 23.3 Å². The second-order valence-corrected chi connectivity index (χ2v) is 6.77. The third-order valence-corrected chi connectivity index (χ3v) is 4.31. The highest BCUT2D eigenvalue weighted by molar-refractivity contribution is 5.79. The molecule has 2 N–H and O–H groups in total. The maximum Gasteiger partial charge on any atom is 0.213 e. The molecule has 1 aliphatic rings. The Bertz CT molecular complexity index is 540. The first-order valence-electron chi connectivity index (χ1n) is 8.63. The molecule has 1 aliphatic carbocycles. The lowest BCUT2D eigenvalue weighted by Crippen LogP contribution is -2.45. The molecule has 2 rings (SSSR count). The van der Waals surface area contributed by atoms with Crippen LogP contribution in [0.4, 0.5) is 0 Å². The van der Waals surface area contributed by atoms with Crippen LogP contribution in [0.3, 0.4) is 0 Å². The summed E-state index contributed by atoms with van der Waals surface area (Å²) >= 11 is 0. The first-order chi connectivity index (χ1) is 11.5. The van der Waals surface area contributed by atoms with Crippen LogP contribution in [0, 0.1) is 0 Å². The molecular weight excluding hydrogens is 304 g/mol. The number of aliphatic imine (C=N–C) groups is 1. The Morgan fingerprint density at radius 2 is 2.08 bits per heavy atom. The molecule has 24 heavy (non-hydrogen) atoms. The number of guanidine groups is 1. The van der Waals surface area contributed by atoms with E-state index < -0.39 is 0 Å². The molecule has 134 valence electrons. The Kier molecular flexibility index (Phi) is 6.85. The van der Waals surface area contributed by atoms with E-state index in [4.69, 9.17) is 9.47 Å². The van der Waals surface area contributed by atoms with E-state index in [1.807, 2.05) is 26.0 Å². The van der Waals surface area contributed by atoms with Gasteiger partial charge in [0.15, 0.2) is 5.96 Å². The second-order valence-electron chi connectivity index (χ2n) is 6.77. The number of aromatic nitrogens is 1. The van der Waals surface area contributed by atoms with Crippen molar-refractivity contribution in [2.45, 2.75) is 57.8 Å². The van der Waals surface area contributed by atoms with E-state index in [1.54, 1.807) is 20.4 Å². The lowest BCUT2D eigenvalue weighted by Gasteiger charge is -2.24. The number of nitrogens with zero attached hydrogens (tertiary/aromatic N) is 2. The molecule has 0 spiro atoms. The van der Waals surface area contributed by atoms with Crippen molar-refractivity contribution >= 4 is 5.96 Å². The molecule has 0 aliphatic heterocycles. The zero-order valence-corrected chi connectivity index (χ0v) is 15.3. The standard InChI is InChI=1S/C18H30N4O2/c1-18(2,23-4)13-22-17(19-3)21-12-14-9-10-20-16(11-14)24-15-7-5-6-8-15/h9-11,15H,5-8,12-13H2,1-4H3,(H2,19,21,22).